The highest BCUT2D eigenvalue weighted by Crippen LogP contribution is 2.42. The maximum atomic E-state index is 13.4. The van der Waals surface area contributed by atoms with E-state index >= 15 is 0 Å². The Morgan fingerprint density at radius 1 is 1.03 bits per heavy atom. The van der Waals surface area contributed by atoms with Gasteiger partial charge in [0.05, 0.1) is 18.6 Å². The SMILES string of the molecule is COc1cccc(C(=O)NC(CCN2CCC3(CC2)CCN(Cc2cccnc2)C3=O)c2ccccc2)c1. The minimum atomic E-state index is -0.224. The number of amides is 2. The minimum Gasteiger partial charge on any atom is -0.497 e. The molecule has 0 radical (unpaired) electrons. The Bertz CT molecular complexity index is 1230. The first-order chi connectivity index (χ1) is 18.6. The first-order valence-corrected chi connectivity index (χ1v) is 13.5. The number of piperidine rings is 1. The van der Waals surface area contributed by atoms with Gasteiger partial charge in [0.15, 0.2) is 0 Å². The van der Waals surface area contributed by atoms with E-state index in [-0.39, 0.29) is 17.4 Å². The van der Waals surface area contributed by atoms with E-state index in [1.54, 1.807) is 25.4 Å². The molecule has 0 bridgehead atoms. The van der Waals surface area contributed by atoms with Gasteiger partial charge in [-0.25, -0.2) is 0 Å². The molecule has 1 spiro atoms. The summed E-state index contributed by atoms with van der Waals surface area (Å²) < 4.78 is 5.29. The number of pyridine rings is 1. The molecule has 7 heteroatoms. The van der Waals surface area contributed by atoms with Crippen LogP contribution in [0.5, 0.6) is 5.75 Å². The molecule has 2 amide bonds. The summed E-state index contributed by atoms with van der Waals surface area (Å²) in [6.07, 6.45) is 7.12. The van der Waals surface area contributed by atoms with Crippen LogP contribution in [0.1, 0.15) is 53.2 Å². The molecular weight excluding hydrogens is 476 g/mol. The minimum absolute atomic E-state index is 0.103. The van der Waals surface area contributed by atoms with Crippen LogP contribution >= 0.6 is 0 Å². The lowest BCUT2D eigenvalue weighted by Gasteiger charge is -2.38. The number of aromatic nitrogens is 1. The van der Waals surface area contributed by atoms with Crippen molar-refractivity contribution in [2.24, 2.45) is 5.41 Å². The standard InChI is InChI=1S/C31H36N4O3/c1-38-27-11-5-10-26(21-27)29(36)33-28(25-8-3-2-4-9-25)12-17-34-18-13-31(14-19-34)15-20-35(30(31)37)23-24-7-6-16-32-22-24/h2-11,16,21-22,28H,12-15,17-20,23H2,1H3,(H,33,36). The van der Waals surface area contributed by atoms with Crippen molar-refractivity contribution in [1.82, 2.24) is 20.1 Å². The van der Waals surface area contributed by atoms with Crippen LogP contribution in [0.4, 0.5) is 0 Å². The largest absolute Gasteiger partial charge is 0.497 e. The molecule has 2 aliphatic rings. The Labute approximate surface area is 224 Å². The number of methoxy groups -OCH3 is 1. The maximum absolute atomic E-state index is 13.4. The zero-order chi connectivity index (χ0) is 26.4. The Morgan fingerprint density at radius 3 is 2.55 bits per heavy atom. The Balaban J connectivity index is 1.18. The van der Waals surface area contributed by atoms with Crippen molar-refractivity contribution in [1.29, 1.82) is 0 Å². The fourth-order valence-electron chi connectivity index (χ4n) is 5.75. The van der Waals surface area contributed by atoms with Crippen LogP contribution < -0.4 is 10.1 Å². The van der Waals surface area contributed by atoms with Gasteiger partial charge in [0.25, 0.3) is 5.91 Å². The van der Waals surface area contributed by atoms with E-state index in [1.165, 1.54) is 0 Å². The van der Waals surface area contributed by atoms with Gasteiger partial charge in [0.1, 0.15) is 5.75 Å². The molecule has 0 aliphatic carbocycles. The Hall–Kier alpha value is -3.71. The van der Waals surface area contributed by atoms with Crippen molar-refractivity contribution >= 4 is 11.8 Å². The third kappa shape index (κ3) is 5.89. The summed E-state index contributed by atoms with van der Waals surface area (Å²) in [7, 11) is 1.60. The predicted octanol–water partition coefficient (Wildman–Crippen LogP) is 4.47. The fraction of sp³-hybridized carbons (Fsp3) is 0.387. The van der Waals surface area contributed by atoms with Gasteiger partial charge in [-0.15, -0.1) is 0 Å². The normalized spacial score (nSPS) is 17.9. The van der Waals surface area contributed by atoms with Crippen molar-refractivity contribution in [3.63, 3.8) is 0 Å². The summed E-state index contributed by atoms with van der Waals surface area (Å²) >= 11 is 0. The van der Waals surface area contributed by atoms with Crippen LogP contribution in [0.2, 0.25) is 0 Å². The van der Waals surface area contributed by atoms with Gasteiger partial charge >= 0.3 is 0 Å². The first kappa shape index (κ1) is 25.9. The van der Waals surface area contributed by atoms with Crippen LogP contribution in [0.3, 0.4) is 0 Å². The molecule has 5 rings (SSSR count). The maximum Gasteiger partial charge on any atom is 0.251 e. The average Bonchev–Trinajstić information content (AvgIpc) is 3.26. The molecule has 3 heterocycles. The highest BCUT2D eigenvalue weighted by Gasteiger charge is 2.47. The number of ether oxygens (including phenoxy) is 1. The molecule has 2 aliphatic heterocycles. The van der Waals surface area contributed by atoms with Gasteiger partial charge in [0.2, 0.25) is 5.91 Å². The molecule has 1 aromatic heterocycles. The smallest absolute Gasteiger partial charge is 0.251 e. The van der Waals surface area contributed by atoms with E-state index in [0.29, 0.717) is 23.8 Å². The number of carbonyl (C=O) groups is 2. The topological polar surface area (TPSA) is 74.8 Å². The quantitative estimate of drug-likeness (QED) is 0.458. The average molecular weight is 513 g/mol. The molecular formula is C31H36N4O3. The molecule has 7 nitrogen and oxygen atoms in total. The molecule has 2 aromatic carbocycles. The first-order valence-electron chi connectivity index (χ1n) is 13.5. The number of nitrogens with zero attached hydrogens (tertiary/aromatic N) is 3. The lowest BCUT2D eigenvalue weighted by Crippen LogP contribution is -2.45. The van der Waals surface area contributed by atoms with Crippen molar-refractivity contribution < 1.29 is 14.3 Å². The van der Waals surface area contributed by atoms with E-state index in [1.807, 2.05) is 53.6 Å². The predicted molar refractivity (Wildman–Crippen MR) is 147 cm³/mol. The van der Waals surface area contributed by atoms with Crippen LogP contribution in [-0.2, 0) is 11.3 Å². The molecule has 38 heavy (non-hydrogen) atoms. The number of carbonyl (C=O) groups excluding carboxylic acids is 2. The summed E-state index contributed by atoms with van der Waals surface area (Å²) in [6, 6.07) is 21.2. The van der Waals surface area contributed by atoms with Crippen molar-refractivity contribution in [2.75, 3.05) is 33.3 Å². The molecule has 198 valence electrons. The Morgan fingerprint density at radius 2 is 1.82 bits per heavy atom. The van der Waals surface area contributed by atoms with Gasteiger partial charge in [-0.3, -0.25) is 14.6 Å². The number of hydrogen-bond donors (Lipinski definition) is 1. The third-order valence-electron chi connectivity index (χ3n) is 8.08. The van der Waals surface area contributed by atoms with Crippen LogP contribution in [-0.4, -0.2) is 59.9 Å². The van der Waals surface area contributed by atoms with Crippen LogP contribution in [0.15, 0.2) is 79.1 Å². The number of nitrogens with one attached hydrogen (secondary N) is 1. The second kappa shape index (κ2) is 11.8. The molecule has 0 saturated carbocycles. The summed E-state index contributed by atoms with van der Waals surface area (Å²) in [4.78, 5) is 35.1. The number of hydrogen-bond acceptors (Lipinski definition) is 5. The lowest BCUT2D eigenvalue weighted by molar-refractivity contribution is -0.138. The third-order valence-corrected chi connectivity index (χ3v) is 8.08. The zero-order valence-corrected chi connectivity index (χ0v) is 22.0. The number of rotatable bonds is 9. The van der Waals surface area contributed by atoms with E-state index in [9.17, 15) is 9.59 Å². The number of likely N-dealkylation sites (tertiary alicyclic amines) is 2. The molecule has 1 N–H and O–H groups in total. The van der Waals surface area contributed by atoms with Crippen LogP contribution in [0, 0.1) is 5.41 Å². The van der Waals surface area contributed by atoms with E-state index in [2.05, 4.69) is 27.3 Å². The summed E-state index contributed by atoms with van der Waals surface area (Å²) in [5.41, 5.74) is 2.53. The van der Waals surface area contributed by atoms with E-state index in [4.69, 9.17) is 4.74 Å². The van der Waals surface area contributed by atoms with Gasteiger partial charge in [-0.05, 0) is 74.2 Å². The molecule has 3 aromatic rings. The van der Waals surface area contributed by atoms with Gasteiger partial charge < -0.3 is 19.9 Å². The van der Waals surface area contributed by atoms with Crippen molar-refractivity contribution in [3.05, 3.63) is 95.8 Å². The lowest BCUT2D eigenvalue weighted by atomic mass is 9.77. The van der Waals surface area contributed by atoms with Gasteiger partial charge in [-0.1, -0.05) is 42.5 Å². The summed E-state index contributed by atoms with van der Waals surface area (Å²) in [5, 5.41) is 3.24. The summed E-state index contributed by atoms with van der Waals surface area (Å²) in [6.45, 7) is 4.13. The highest BCUT2D eigenvalue weighted by molar-refractivity contribution is 5.94. The van der Waals surface area contributed by atoms with Gasteiger partial charge in [-0.2, -0.15) is 0 Å². The van der Waals surface area contributed by atoms with Crippen LogP contribution in [0.25, 0.3) is 0 Å². The highest BCUT2D eigenvalue weighted by atomic mass is 16.5. The van der Waals surface area contributed by atoms with E-state index in [0.717, 1.165) is 63.0 Å². The molecule has 2 saturated heterocycles. The van der Waals surface area contributed by atoms with Crippen molar-refractivity contribution in [2.45, 2.75) is 38.3 Å². The molecule has 1 atom stereocenters. The van der Waals surface area contributed by atoms with Gasteiger partial charge in [0, 0.05) is 37.6 Å². The second-order valence-corrected chi connectivity index (χ2v) is 10.4. The molecule has 2 fully saturated rings. The van der Waals surface area contributed by atoms with E-state index < -0.39 is 0 Å². The zero-order valence-electron chi connectivity index (χ0n) is 22.0. The second-order valence-electron chi connectivity index (χ2n) is 10.4. The molecule has 1 unspecified atom stereocenters. The number of benzene rings is 2. The monoisotopic (exact) mass is 512 g/mol. The van der Waals surface area contributed by atoms with Crippen molar-refractivity contribution in [3.8, 4) is 5.75 Å². The summed E-state index contributed by atoms with van der Waals surface area (Å²) in [5.74, 6) is 0.853. The fourth-order valence-corrected chi connectivity index (χ4v) is 5.75. The Kier molecular flexibility index (Phi) is 8.03.